The number of hydrogen-bond acceptors (Lipinski definition) is 0. The third kappa shape index (κ3) is 2.71. The van der Waals surface area contributed by atoms with Crippen LogP contribution in [0.2, 0.25) is 0 Å². The summed E-state index contributed by atoms with van der Waals surface area (Å²) in [5.41, 5.74) is 0.982. The number of alkyl halides is 1. The number of fused-ring (bicyclic) bond motifs is 1. The van der Waals surface area contributed by atoms with E-state index in [0.717, 1.165) is 22.9 Å². The Morgan fingerprint density at radius 1 is 0.727 bits per heavy atom. The van der Waals surface area contributed by atoms with Crippen molar-refractivity contribution in [2.75, 3.05) is 0 Å². The van der Waals surface area contributed by atoms with Gasteiger partial charge in [-0.3, -0.25) is 0 Å². The maximum absolute atomic E-state index is 14.8. The van der Waals surface area contributed by atoms with Crippen LogP contribution in [0.3, 0.4) is 0 Å². The van der Waals surface area contributed by atoms with Gasteiger partial charge in [-0.15, -0.1) is 0 Å². The Labute approximate surface area is 127 Å². The van der Waals surface area contributed by atoms with Gasteiger partial charge in [0.15, 0.2) is 11.6 Å². The molecule has 3 rings (SSSR count). The van der Waals surface area contributed by atoms with E-state index in [2.05, 4.69) is 0 Å². The lowest BCUT2D eigenvalue weighted by molar-refractivity contribution is 0.299. The van der Waals surface area contributed by atoms with E-state index < -0.39 is 23.7 Å². The zero-order valence-corrected chi connectivity index (χ0v) is 12.1. The van der Waals surface area contributed by atoms with Gasteiger partial charge in [-0.05, 0) is 40.1 Å². The standard InChI is InChI=1S/C19H15F3/c1-12(14-8-9-17(20)18(21)11-14)19(22)16-7-6-13-4-2-3-5-15(13)10-16/h2-12,19H,1H3. The van der Waals surface area contributed by atoms with Crippen LogP contribution in [-0.2, 0) is 0 Å². The fourth-order valence-electron chi connectivity index (χ4n) is 2.63. The summed E-state index contributed by atoms with van der Waals surface area (Å²) in [4.78, 5) is 0. The van der Waals surface area contributed by atoms with Gasteiger partial charge >= 0.3 is 0 Å². The molecular formula is C19H15F3. The molecule has 112 valence electrons. The van der Waals surface area contributed by atoms with Gasteiger partial charge in [0.1, 0.15) is 6.17 Å². The Morgan fingerprint density at radius 3 is 2.14 bits per heavy atom. The van der Waals surface area contributed by atoms with Crippen molar-refractivity contribution in [3.63, 3.8) is 0 Å². The molecule has 3 aromatic carbocycles. The maximum atomic E-state index is 14.8. The molecule has 3 aromatic rings. The highest BCUT2D eigenvalue weighted by Gasteiger charge is 2.21. The Balaban J connectivity index is 1.93. The van der Waals surface area contributed by atoms with Crippen LogP contribution in [0.1, 0.15) is 30.1 Å². The fourth-order valence-corrected chi connectivity index (χ4v) is 2.63. The second kappa shape index (κ2) is 5.84. The molecule has 0 bridgehead atoms. The molecule has 0 aromatic heterocycles. The minimum Gasteiger partial charge on any atom is -0.242 e. The Kier molecular flexibility index (Phi) is 3.88. The van der Waals surface area contributed by atoms with Crippen molar-refractivity contribution in [2.24, 2.45) is 0 Å². The lowest BCUT2D eigenvalue weighted by atomic mass is 9.91. The van der Waals surface area contributed by atoms with E-state index >= 15 is 0 Å². The first kappa shape index (κ1) is 14.6. The van der Waals surface area contributed by atoms with Crippen LogP contribution in [0.15, 0.2) is 60.7 Å². The second-order valence-electron chi connectivity index (χ2n) is 5.47. The lowest BCUT2D eigenvalue weighted by Crippen LogP contribution is -2.04. The van der Waals surface area contributed by atoms with Crippen LogP contribution in [0, 0.1) is 11.6 Å². The molecule has 22 heavy (non-hydrogen) atoms. The van der Waals surface area contributed by atoms with E-state index in [1.807, 2.05) is 30.3 Å². The number of benzene rings is 3. The summed E-state index contributed by atoms with van der Waals surface area (Å²) in [6, 6.07) is 16.7. The minimum atomic E-state index is -1.28. The molecule has 0 nitrogen and oxygen atoms in total. The van der Waals surface area contributed by atoms with Crippen LogP contribution in [0.25, 0.3) is 10.8 Å². The zero-order chi connectivity index (χ0) is 15.7. The highest BCUT2D eigenvalue weighted by Crippen LogP contribution is 2.35. The quantitative estimate of drug-likeness (QED) is 0.562. The van der Waals surface area contributed by atoms with Gasteiger partial charge in [0.05, 0.1) is 0 Å². The van der Waals surface area contributed by atoms with E-state index in [-0.39, 0.29) is 0 Å². The molecular weight excluding hydrogens is 285 g/mol. The molecule has 0 radical (unpaired) electrons. The van der Waals surface area contributed by atoms with E-state index in [1.54, 1.807) is 19.1 Å². The van der Waals surface area contributed by atoms with Gasteiger partial charge in [-0.1, -0.05) is 49.4 Å². The average molecular weight is 300 g/mol. The van der Waals surface area contributed by atoms with Crippen LogP contribution < -0.4 is 0 Å². The highest BCUT2D eigenvalue weighted by atomic mass is 19.2. The van der Waals surface area contributed by atoms with Gasteiger partial charge < -0.3 is 0 Å². The third-order valence-electron chi connectivity index (χ3n) is 4.00. The van der Waals surface area contributed by atoms with Crippen LogP contribution in [0.5, 0.6) is 0 Å². The summed E-state index contributed by atoms with van der Waals surface area (Å²) in [6.45, 7) is 1.67. The topological polar surface area (TPSA) is 0 Å². The van der Waals surface area contributed by atoms with Crippen molar-refractivity contribution in [1.82, 2.24) is 0 Å². The molecule has 0 N–H and O–H groups in total. The molecule has 2 unspecified atom stereocenters. The predicted octanol–water partition coefficient (Wildman–Crippen LogP) is 5.93. The predicted molar refractivity (Wildman–Crippen MR) is 82.6 cm³/mol. The van der Waals surface area contributed by atoms with Crippen LogP contribution in [0.4, 0.5) is 13.2 Å². The summed E-state index contributed by atoms with van der Waals surface area (Å²) < 4.78 is 41.1. The van der Waals surface area contributed by atoms with Gasteiger partial charge in [0, 0.05) is 5.92 Å². The molecule has 0 aliphatic rings. The largest absolute Gasteiger partial charge is 0.242 e. The summed E-state index contributed by atoms with van der Waals surface area (Å²) in [6.07, 6.45) is -1.28. The first-order valence-electron chi connectivity index (χ1n) is 7.14. The molecule has 0 saturated carbocycles. The second-order valence-corrected chi connectivity index (χ2v) is 5.47. The van der Waals surface area contributed by atoms with E-state index in [1.165, 1.54) is 6.07 Å². The lowest BCUT2D eigenvalue weighted by Gasteiger charge is -2.18. The maximum Gasteiger partial charge on any atom is 0.159 e. The molecule has 0 heterocycles. The fraction of sp³-hybridized carbons (Fsp3) is 0.158. The monoisotopic (exact) mass is 300 g/mol. The van der Waals surface area contributed by atoms with Crippen molar-refractivity contribution in [3.05, 3.63) is 83.4 Å². The summed E-state index contributed by atoms with van der Waals surface area (Å²) in [5.74, 6) is -2.43. The van der Waals surface area contributed by atoms with Crippen LogP contribution >= 0.6 is 0 Å². The van der Waals surface area contributed by atoms with Crippen molar-refractivity contribution < 1.29 is 13.2 Å². The highest BCUT2D eigenvalue weighted by molar-refractivity contribution is 5.83. The minimum absolute atomic E-state index is 0.444. The van der Waals surface area contributed by atoms with E-state index in [4.69, 9.17) is 0 Å². The Hall–Kier alpha value is -2.29. The molecule has 0 aliphatic carbocycles. The third-order valence-corrected chi connectivity index (χ3v) is 4.00. The zero-order valence-electron chi connectivity index (χ0n) is 12.1. The normalized spacial score (nSPS) is 14.0. The van der Waals surface area contributed by atoms with Gasteiger partial charge in [0.2, 0.25) is 0 Å². The number of hydrogen-bond donors (Lipinski definition) is 0. The molecule has 0 saturated heterocycles. The van der Waals surface area contributed by atoms with Crippen molar-refractivity contribution in [2.45, 2.75) is 19.0 Å². The summed E-state index contributed by atoms with van der Waals surface area (Å²) in [5, 5.41) is 2.00. The summed E-state index contributed by atoms with van der Waals surface area (Å²) >= 11 is 0. The first-order chi connectivity index (χ1) is 10.6. The molecule has 0 amide bonds. The van der Waals surface area contributed by atoms with Gasteiger partial charge in [-0.25, -0.2) is 13.2 Å². The average Bonchev–Trinajstić information content (AvgIpc) is 2.55. The molecule has 2 atom stereocenters. The number of halogens is 3. The molecule has 0 fully saturated rings. The van der Waals surface area contributed by atoms with Crippen molar-refractivity contribution >= 4 is 10.8 Å². The van der Waals surface area contributed by atoms with Crippen LogP contribution in [-0.4, -0.2) is 0 Å². The Morgan fingerprint density at radius 2 is 1.41 bits per heavy atom. The molecule has 3 heteroatoms. The van der Waals surface area contributed by atoms with Crippen molar-refractivity contribution in [1.29, 1.82) is 0 Å². The SMILES string of the molecule is CC(c1ccc(F)c(F)c1)C(F)c1ccc2ccccc2c1. The van der Waals surface area contributed by atoms with E-state index in [0.29, 0.717) is 11.1 Å². The Bertz CT molecular complexity index is 811. The smallest absolute Gasteiger partial charge is 0.159 e. The summed E-state index contributed by atoms with van der Waals surface area (Å²) in [7, 11) is 0. The number of rotatable bonds is 3. The van der Waals surface area contributed by atoms with Crippen molar-refractivity contribution in [3.8, 4) is 0 Å². The first-order valence-corrected chi connectivity index (χ1v) is 7.14. The van der Waals surface area contributed by atoms with E-state index in [9.17, 15) is 13.2 Å². The molecule has 0 aliphatic heterocycles. The van der Waals surface area contributed by atoms with Gasteiger partial charge in [-0.2, -0.15) is 0 Å². The van der Waals surface area contributed by atoms with Gasteiger partial charge in [0.25, 0.3) is 0 Å². The molecule has 0 spiro atoms.